The molecule has 0 radical (unpaired) electrons. The lowest BCUT2D eigenvalue weighted by Gasteiger charge is -2.37. The molecule has 4 rings (SSSR count). The number of hydrogen-bond donors (Lipinski definition) is 4. The Morgan fingerprint density at radius 1 is 1.34 bits per heavy atom. The molecule has 1 saturated heterocycles. The van der Waals surface area contributed by atoms with Gasteiger partial charge in [-0.1, -0.05) is 24.9 Å². The van der Waals surface area contributed by atoms with Crippen LogP contribution < -0.4 is 16.0 Å². The van der Waals surface area contributed by atoms with Gasteiger partial charge in [0.1, 0.15) is 29.0 Å². The van der Waals surface area contributed by atoms with Crippen LogP contribution in [0.25, 0.3) is 11.1 Å². The number of nitrogens with one attached hydrogen (secondary N) is 3. The van der Waals surface area contributed by atoms with Crippen molar-refractivity contribution in [2.24, 2.45) is 5.92 Å². The average Bonchev–Trinajstić information content (AvgIpc) is 3.23. The van der Waals surface area contributed by atoms with E-state index in [-0.39, 0.29) is 11.8 Å². The van der Waals surface area contributed by atoms with Crippen LogP contribution >= 0.6 is 11.6 Å². The van der Waals surface area contributed by atoms with Gasteiger partial charge in [0.05, 0.1) is 5.02 Å². The predicted molar refractivity (Wildman–Crippen MR) is 149 cm³/mol. The van der Waals surface area contributed by atoms with Crippen molar-refractivity contribution in [3.8, 4) is 0 Å². The third-order valence-corrected chi connectivity index (χ3v) is 6.89. The van der Waals surface area contributed by atoms with E-state index in [4.69, 9.17) is 16.0 Å². The molecule has 1 aliphatic heterocycles. The Bertz CT molecular complexity index is 1170. The Morgan fingerprint density at radius 2 is 2.16 bits per heavy atom. The maximum absolute atomic E-state index is 12.8. The molecule has 4 N–H and O–H groups in total. The molecule has 11 heteroatoms. The molecule has 10 nitrogen and oxygen atoms in total. The van der Waals surface area contributed by atoms with Crippen LogP contribution in [0.2, 0.25) is 5.02 Å². The van der Waals surface area contributed by atoms with Gasteiger partial charge in [-0.25, -0.2) is 4.98 Å². The normalized spacial score (nSPS) is 17.2. The van der Waals surface area contributed by atoms with Crippen molar-refractivity contribution in [3.05, 3.63) is 47.4 Å². The van der Waals surface area contributed by atoms with Gasteiger partial charge in [0, 0.05) is 44.0 Å². The smallest absolute Gasteiger partial charge is 0.227 e. The number of aryl methyl sites for hydroxylation is 1. The fourth-order valence-corrected chi connectivity index (χ4v) is 4.62. The van der Waals surface area contributed by atoms with Crippen molar-refractivity contribution in [1.82, 2.24) is 20.2 Å². The fourth-order valence-electron chi connectivity index (χ4n) is 4.50. The molecule has 206 valence electrons. The molecule has 3 atom stereocenters. The lowest BCUT2D eigenvalue weighted by atomic mass is 9.96. The first kappa shape index (κ1) is 29.5. The second kappa shape index (κ2) is 14.8. The highest BCUT2D eigenvalue weighted by molar-refractivity contribution is 6.30. The summed E-state index contributed by atoms with van der Waals surface area (Å²) >= 11 is 5.53. The van der Waals surface area contributed by atoms with Crippen molar-refractivity contribution < 1.29 is 19.1 Å². The Morgan fingerprint density at radius 3 is 2.84 bits per heavy atom. The first-order valence-corrected chi connectivity index (χ1v) is 13.3. The number of aliphatic hydroxyl groups excluding tert-OH is 1. The SMILES string of the molecule is CC[C@H](CCCC(C)N1CCNCC1O)C(=O)Nc1c(C)oc2cccnc12.O=CNc1ccc(Cl)cn1. The predicted octanol–water partition coefficient (Wildman–Crippen LogP) is 4.19. The highest BCUT2D eigenvalue weighted by Crippen LogP contribution is 2.29. The number of pyridine rings is 2. The number of carbonyl (C=O) groups is 2. The average molecular weight is 545 g/mol. The summed E-state index contributed by atoms with van der Waals surface area (Å²) in [5.41, 5.74) is 2.06. The van der Waals surface area contributed by atoms with E-state index in [9.17, 15) is 14.7 Å². The second-order valence-electron chi connectivity index (χ2n) is 9.30. The van der Waals surface area contributed by atoms with Gasteiger partial charge in [-0.2, -0.15) is 0 Å². The van der Waals surface area contributed by atoms with Gasteiger partial charge in [0.15, 0.2) is 5.58 Å². The molecule has 3 aromatic rings. The number of carbonyl (C=O) groups excluding carboxylic acids is 2. The van der Waals surface area contributed by atoms with Gasteiger partial charge in [0.2, 0.25) is 12.3 Å². The van der Waals surface area contributed by atoms with Crippen LogP contribution in [0.5, 0.6) is 0 Å². The van der Waals surface area contributed by atoms with Crippen molar-refractivity contribution in [2.75, 3.05) is 30.3 Å². The van der Waals surface area contributed by atoms with E-state index < -0.39 is 6.23 Å². The third-order valence-electron chi connectivity index (χ3n) is 6.67. The number of furan rings is 1. The summed E-state index contributed by atoms with van der Waals surface area (Å²) in [6.07, 6.45) is 6.86. The highest BCUT2D eigenvalue weighted by atomic mass is 35.5. The highest BCUT2D eigenvalue weighted by Gasteiger charge is 2.25. The number of anilines is 2. The summed E-state index contributed by atoms with van der Waals surface area (Å²) in [6.45, 7) is 8.44. The van der Waals surface area contributed by atoms with Crippen LogP contribution in [0.3, 0.4) is 0 Å². The molecule has 38 heavy (non-hydrogen) atoms. The number of amides is 2. The lowest BCUT2D eigenvalue weighted by Crippen LogP contribution is -2.54. The van der Waals surface area contributed by atoms with Crippen LogP contribution in [0.4, 0.5) is 11.5 Å². The molecule has 0 spiro atoms. The summed E-state index contributed by atoms with van der Waals surface area (Å²) in [4.78, 5) is 33.0. The number of rotatable bonds is 10. The lowest BCUT2D eigenvalue weighted by molar-refractivity contribution is -0.120. The zero-order valence-electron chi connectivity index (χ0n) is 22.1. The number of hydrogen-bond acceptors (Lipinski definition) is 8. The summed E-state index contributed by atoms with van der Waals surface area (Å²) in [7, 11) is 0. The molecule has 1 fully saturated rings. The molecule has 2 unspecified atom stereocenters. The molecule has 0 aromatic carbocycles. The number of β-amino-alcohol motifs (C(OH)–C–C–N with tert-alkyl or cyclic N) is 1. The molecule has 3 aromatic heterocycles. The van der Waals surface area contributed by atoms with Crippen LogP contribution in [0, 0.1) is 12.8 Å². The zero-order chi connectivity index (χ0) is 27.5. The van der Waals surface area contributed by atoms with E-state index in [1.54, 1.807) is 18.3 Å². The van der Waals surface area contributed by atoms with Crippen LogP contribution in [0.1, 0.15) is 45.3 Å². The maximum Gasteiger partial charge on any atom is 0.227 e. The second-order valence-corrected chi connectivity index (χ2v) is 9.74. The fraction of sp³-hybridized carbons (Fsp3) is 0.481. The number of nitrogens with zero attached hydrogens (tertiary/aromatic N) is 3. The van der Waals surface area contributed by atoms with Crippen molar-refractivity contribution in [2.45, 2.75) is 58.7 Å². The summed E-state index contributed by atoms with van der Waals surface area (Å²) in [5.74, 6) is 1.15. The summed E-state index contributed by atoms with van der Waals surface area (Å²) in [6, 6.07) is 7.26. The molecule has 0 bridgehead atoms. The summed E-state index contributed by atoms with van der Waals surface area (Å²) < 4.78 is 5.69. The third kappa shape index (κ3) is 8.22. The Balaban J connectivity index is 0.000000336. The van der Waals surface area contributed by atoms with Gasteiger partial charge in [-0.05, 0) is 57.4 Å². The minimum Gasteiger partial charge on any atom is -0.457 e. The van der Waals surface area contributed by atoms with Gasteiger partial charge >= 0.3 is 0 Å². The van der Waals surface area contributed by atoms with Gasteiger partial charge in [-0.3, -0.25) is 19.5 Å². The van der Waals surface area contributed by atoms with Gasteiger partial charge in [-0.15, -0.1) is 0 Å². The van der Waals surface area contributed by atoms with Crippen molar-refractivity contribution in [1.29, 1.82) is 0 Å². The van der Waals surface area contributed by atoms with E-state index >= 15 is 0 Å². The number of aromatic nitrogens is 2. The van der Waals surface area contributed by atoms with E-state index in [0.29, 0.717) is 52.4 Å². The van der Waals surface area contributed by atoms with Crippen LogP contribution in [-0.2, 0) is 9.59 Å². The maximum atomic E-state index is 12.8. The molecule has 0 saturated carbocycles. The van der Waals surface area contributed by atoms with Crippen LogP contribution in [-0.4, -0.2) is 64.2 Å². The van der Waals surface area contributed by atoms with Crippen LogP contribution in [0.15, 0.2) is 41.1 Å². The largest absolute Gasteiger partial charge is 0.457 e. The molecule has 1 aliphatic rings. The van der Waals surface area contributed by atoms with Gasteiger partial charge < -0.3 is 25.5 Å². The Hall–Kier alpha value is -3.05. The summed E-state index contributed by atoms with van der Waals surface area (Å²) in [5, 5.41) is 19.3. The number of fused-ring (bicyclic) bond motifs is 1. The Labute approximate surface area is 228 Å². The minimum atomic E-state index is -0.418. The molecular weight excluding hydrogens is 508 g/mol. The van der Waals surface area contributed by atoms with Gasteiger partial charge in [0.25, 0.3) is 0 Å². The van der Waals surface area contributed by atoms with Crippen molar-refractivity contribution >= 4 is 46.5 Å². The minimum absolute atomic E-state index is 0.0220. The van der Waals surface area contributed by atoms with E-state index in [0.717, 1.165) is 38.8 Å². The molecule has 0 aliphatic carbocycles. The number of piperazine rings is 1. The monoisotopic (exact) mass is 544 g/mol. The molecule has 2 amide bonds. The standard InChI is InChI=1S/C21H32N4O3.C6H5ClN2O/c1-4-16(8-5-7-14(2)25-12-11-22-13-18(25)26)21(27)24-19-15(3)28-17-9-6-10-23-20(17)19;7-5-1-2-6(8-3-5)9-4-10/h6,9-10,14,16,18,22,26H,4-5,7-8,11-13H2,1-3H3,(H,24,27);1-4H,(H,8,9,10)/t14?,16-,18?;/m1./s1. The van der Waals surface area contributed by atoms with Crippen molar-refractivity contribution in [3.63, 3.8) is 0 Å². The topological polar surface area (TPSA) is 133 Å². The first-order valence-electron chi connectivity index (χ1n) is 12.9. The van der Waals surface area contributed by atoms with E-state index in [2.05, 4.69) is 37.7 Å². The first-order chi connectivity index (χ1) is 18.3. The molecule has 4 heterocycles. The molecular formula is C27H37ClN6O4. The van der Waals surface area contributed by atoms with E-state index in [1.165, 1.54) is 6.20 Å². The quantitative estimate of drug-likeness (QED) is 0.279. The zero-order valence-corrected chi connectivity index (χ0v) is 22.9. The Kier molecular flexibility index (Phi) is 11.5. The number of halogens is 1. The van der Waals surface area contributed by atoms with E-state index in [1.807, 2.05) is 26.0 Å². The number of aliphatic hydroxyl groups is 1.